The number of H-pyrrole nitrogens is 1. The van der Waals surface area contributed by atoms with E-state index in [0.717, 1.165) is 70.4 Å². The van der Waals surface area contributed by atoms with Gasteiger partial charge in [0, 0.05) is 54.4 Å². The Morgan fingerprint density at radius 2 is 1.86 bits per heavy atom. The zero-order chi connectivity index (χ0) is 24.0. The lowest BCUT2D eigenvalue weighted by atomic mass is 10.2. The van der Waals surface area contributed by atoms with E-state index in [-0.39, 0.29) is 0 Å². The zero-order valence-corrected chi connectivity index (χ0v) is 23.1. The van der Waals surface area contributed by atoms with Gasteiger partial charge in [-0.1, -0.05) is 35.5 Å². The van der Waals surface area contributed by atoms with Gasteiger partial charge >= 0.3 is 0 Å². The smallest absolute Gasteiger partial charge is 0.166 e. The number of benzene rings is 1. The molecule has 1 N–H and O–H groups in total. The molecule has 0 aliphatic carbocycles. The van der Waals surface area contributed by atoms with E-state index in [1.54, 1.807) is 23.1 Å². The molecule has 5 rings (SSSR count). The SMILES string of the molecule is Cc1c(SCCCN2CCN(Cc3ccc(Cl)s3)CC2)ccnc1CSc1nc2ccccc2[nH]1. The van der Waals surface area contributed by atoms with Gasteiger partial charge in [-0.05, 0) is 61.5 Å². The van der Waals surface area contributed by atoms with Gasteiger partial charge in [0.2, 0.25) is 0 Å². The van der Waals surface area contributed by atoms with Crippen molar-refractivity contribution in [3.8, 4) is 0 Å². The molecule has 9 heteroatoms. The summed E-state index contributed by atoms with van der Waals surface area (Å²) in [6, 6.07) is 14.5. The van der Waals surface area contributed by atoms with E-state index in [4.69, 9.17) is 11.6 Å². The lowest BCUT2D eigenvalue weighted by molar-refractivity contribution is 0.128. The van der Waals surface area contributed by atoms with Crippen LogP contribution in [0.25, 0.3) is 11.0 Å². The molecule has 1 saturated heterocycles. The van der Waals surface area contributed by atoms with Gasteiger partial charge in [-0.15, -0.1) is 23.1 Å². The number of thiophene rings is 1. The molecule has 1 aromatic carbocycles. The minimum atomic E-state index is 0.821. The first kappa shape index (κ1) is 25.1. The standard InChI is InChI=1S/C26H30ClN5S3/c1-19-23(18-34-26-29-21-5-2-3-6-22(21)30-26)28-10-9-24(19)33-16-4-11-31-12-14-32(15-13-31)17-20-7-8-25(27)35-20/h2-3,5-10H,4,11-18H2,1H3,(H,29,30). The third-order valence-electron chi connectivity index (χ3n) is 6.32. The van der Waals surface area contributed by atoms with Gasteiger partial charge in [0.15, 0.2) is 5.16 Å². The molecule has 0 amide bonds. The topological polar surface area (TPSA) is 48.1 Å². The average Bonchev–Trinajstić information content (AvgIpc) is 3.48. The molecule has 1 fully saturated rings. The summed E-state index contributed by atoms with van der Waals surface area (Å²) in [7, 11) is 0. The Hall–Kier alpha value is -1.55. The Morgan fingerprint density at radius 3 is 2.66 bits per heavy atom. The highest BCUT2D eigenvalue weighted by atomic mass is 35.5. The number of imidazole rings is 1. The second-order valence-electron chi connectivity index (χ2n) is 8.75. The van der Waals surface area contributed by atoms with Crippen molar-refractivity contribution >= 4 is 57.5 Å². The molecule has 4 heterocycles. The van der Waals surface area contributed by atoms with E-state index in [1.165, 1.54) is 28.3 Å². The van der Waals surface area contributed by atoms with Crippen LogP contribution in [0.1, 0.15) is 22.6 Å². The van der Waals surface area contributed by atoms with Gasteiger partial charge in [-0.3, -0.25) is 9.88 Å². The number of thioether (sulfide) groups is 2. The number of para-hydroxylation sites is 2. The monoisotopic (exact) mass is 543 g/mol. The number of hydrogen-bond acceptors (Lipinski definition) is 7. The highest BCUT2D eigenvalue weighted by Crippen LogP contribution is 2.29. The molecular weight excluding hydrogens is 514 g/mol. The predicted octanol–water partition coefficient (Wildman–Crippen LogP) is 6.57. The van der Waals surface area contributed by atoms with Gasteiger partial charge in [0.25, 0.3) is 0 Å². The number of piperazine rings is 1. The molecule has 0 radical (unpaired) electrons. The van der Waals surface area contributed by atoms with Crippen molar-refractivity contribution in [2.24, 2.45) is 0 Å². The summed E-state index contributed by atoms with van der Waals surface area (Å²) in [6.45, 7) is 8.98. The van der Waals surface area contributed by atoms with Crippen LogP contribution < -0.4 is 0 Å². The molecule has 0 bridgehead atoms. The molecule has 35 heavy (non-hydrogen) atoms. The van der Waals surface area contributed by atoms with E-state index in [0.29, 0.717) is 0 Å². The maximum Gasteiger partial charge on any atom is 0.166 e. The number of hydrogen-bond donors (Lipinski definition) is 1. The summed E-state index contributed by atoms with van der Waals surface area (Å²) in [5.41, 5.74) is 4.53. The molecule has 0 saturated carbocycles. The normalized spacial score (nSPS) is 15.3. The fourth-order valence-corrected chi connectivity index (χ4v) is 7.32. The molecule has 0 spiro atoms. The quantitative estimate of drug-likeness (QED) is 0.180. The van der Waals surface area contributed by atoms with Crippen molar-refractivity contribution in [1.82, 2.24) is 24.8 Å². The van der Waals surface area contributed by atoms with Crippen LogP contribution in [-0.4, -0.2) is 63.2 Å². The van der Waals surface area contributed by atoms with E-state index < -0.39 is 0 Å². The Morgan fingerprint density at radius 1 is 1.03 bits per heavy atom. The van der Waals surface area contributed by atoms with Crippen LogP contribution in [0.5, 0.6) is 0 Å². The van der Waals surface area contributed by atoms with Crippen molar-refractivity contribution in [3.05, 3.63) is 69.1 Å². The molecular formula is C26H30ClN5S3. The Kier molecular flexibility index (Phi) is 8.70. The van der Waals surface area contributed by atoms with Crippen molar-refractivity contribution in [3.63, 3.8) is 0 Å². The zero-order valence-electron chi connectivity index (χ0n) is 19.9. The van der Waals surface area contributed by atoms with Gasteiger partial charge in [-0.2, -0.15) is 0 Å². The minimum Gasteiger partial charge on any atom is -0.333 e. The molecule has 4 aromatic rings. The van der Waals surface area contributed by atoms with Gasteiger partial charge in [-0.25, -0.2) is 4.98 Å². The van der Waals surface area contributed by atoms with Crippen molar-refractivity contribution in [2.45, 2.75) is 35.7 Å². The first-order valence-corrected chi connectivity index (χ1v) is 15.1. The number of nitrogens with zero attached hydrogens (tertiary/aromatic N) is 4. The van der Waals surface area contributed by atoms with E-state index in [2.05, 4.69) is 49.9 Å². The predicted molar refractivity (Wildman–Crippen MR) is 151 cm³/mol. The summed E-state index contributed by atoms with van der Waals surface area (Å²) in [5.74, 6) is 1.96. The summed E-state index contributed by atoms with van der Waals surface area (Å²) in [5, 5.41) is 0.949. The molecule has 0 atom stereocenters. The van der Waals surface area contributed by atoms with Crippen LogP contribution in [0.2, 0.25) is 4.34 Å². The second kappa shape index (κ2) is 12.1. The van der Waals surface area contributed by atoms with Gasteiger partial charge in [0.1, 0.15) is 0 Å². The molecule has 5 nitrogen and oxygen atoms in total. The van der Waals surface area contributed by atoms with Crippen LogP contribution in [0.4, 0.5) is 0 Å². The average molecular weight is 544 g/mol. The molecule has 0 unspecified atom stereocenters. The maximum absolute atomic E-state index is 6.07. The Balaban J connectivity index is 1.04. The van der Waals surface area contributed by atoms with E-state index in [1.807, 2.05) is 42.2 Å². The largest absolute Gasteiger partial charge is 0.333 e. The maximum atomic E-state index is 6.07. The van der Waals surface area contributed by atoms with Crippen LogP contribution in [0, 0.1) is 6.92 Å². The Labute approximate surface area is 224 Å². The number of rotatable bonds is 10. The molecule has 1 aliphatic rings. The van der Waals surface area contributed by atoms with Crippen molar-refractivity contribution in [2.75, 3.05) is 38.5 Å². The highest BCUT2D eigenvalue weighted by Gasteiger charge is 2.17. The number of nitrogens with one attached hydrogen (secondary N) is 1. The summed E-state index contributed by atoms with van der Waals surface area (Å²) < 4.78 is 0.887. The number of aromatic amines is 1. The fourth-order valence-electron chi connectivity index (χ4n) is 4.29. The number of aromatic nitrogens is 3. The minimum absolute atomic E-state index is 0.821. The lowest BCUT2D eigenvalue weighted by Gasteiger charge is -2.34. The Bertz CT molecular complexity index is 1220. The first-order chi connectivity index (χ1) is 17.1. The van der Waals surface area contributed by atoms with Crippen LogP contribution >= 0.6 is 46.5 Å². The number of halogens is 1. The second-order valence-corrected chi connectivity index (χ2v) is 12.7. The summed E-state index contributed by atoms with van der Waals surface area (Å²) in [6.07, 6.45) is 3.15. The third-order valence-corrected chi connectivity index (χ3v) is 9.67. The summed E-state index contributed by atoms with van der Waals surface area (Å²) >= 11 is 11.4. The first-order valence-electron chi connectivity index (χ1n) is 12.0. The number of fused-ring (bicyclic) bond motifs is 1. The number of pyridine rings is 1. The van der Waals surface area contributed by atoms with Crippen LogP contribution in [0.3, 0.4) is 0 Å². The van der Waals surface area contributed by atoms with Gasteiger partial charge < -0.3 is 9.88 Å². The third kappa shape index (κ3) is 6.81. The van der Waals surface area contributed by atoms with Crippen molar-refractivity contribution in [1.29, 1.82) is 0 Å². The van der Waals surface area contributed by atoms with Crippen LogP contribution in [-0.2, 0) is 12.3 Å². The van der Waals surface area contributed by atoms with E-state index in [9.17, 15) is 0 Å². The van der Waals surface area contributed by atoms with E-state index >= 15 is 0 Å². The summed E-state index contributed by atoms with van der Waals surface area (Å²) in [4.78, 5) is 20.6. The fraction of sp³-hybridized carbons (Fsp3) is 0.385. The van der Waals surface area contributed by atoms with Crippen molar-refractivity contribution < 1.29 is 0 Å². The van der Waals surface area contributed by atoms with Gasteiger partial charge in [0.05, 0.1) is 21.1 Å². The highest BCUT2D eigenvalue weighted by molar-refractivity contribution is 7.99. The molecule has 3 aromatic heterocycles. The van der Waals surface area contributed by atoms with Crippen LogP contribution in [0.15, 0.2) is 58.7 Å². The molecule has 1 aliphatic heterocycles. The molecule has 184 valence electrons. The lowest BCUT2D eigenvalue weighted by Crippen LogP contribution is -2.46.